The first-order valence-corrected chi connectivity index (χ1v) is 10.2. The number of rotatable bonds is 5. The molecule has 0 radical (unpaired) electrons. The lowest BCUT2D eigenvalue weighted by Gasteiger charge is -2.30. The maximum atomic E-state index is 13.5. The van der Waals surface area contributed by atoms with Crippen molar-refractivity contribution in [3.05, 3.63) is 47.1 Å². The number of halogens is 1. The molecule has 1 aliphatic rings. The maximum Gasteiger partial charge on any atom is 0.252 e. The molecule has 1 aromatic carbocycles. The number of aryl methyl sites for hydroxylation is 1. The monoisotopic (exact) mass is 369 g/mol. The molecule has 1 fully saturated rings. The summed E-state index contributed by atoms with van der Waals surface area (Å²) in [5.41, 5.74) is 0. The van der Waals surface area contributed by atoms with Gasteiger partial charge in [-0.2, -0.15) is 4.31 Å². The van der Waals surface area contributed by atoms with E-state index < -0.39 is 10.0 Å². The Morgan fingerprint density at radius 2 is 1.92 bits per heavy atom. The number of hydrogen-bond donors (Lipinski definition) is 0. The van der Waals surface area contributed by atoms with Crippen LogP contribution in [0, 0.1) is 18.7 Å². The number of sulfonamides is 1. The number of ether oxygens (including phenoxy) is 1. The molecule has 1 aromatic heterocycles. The summed E-state index contributed by atoms with van der Waals surface area (Å²) in [6.07, 6.45) is 1.44. The molecule has 0 saturated carbocycles. The lowest BCUT2D eigenvalue weighted by molar-refractivity contribution is 0.181. The molecule has 4 nitrogen and oxygen atoms in total. The van der Waals surface area contributed by atoms with Crippen molar-refractivity contribution < 1.29 is 17.5 Å². The van der Waals surface area contributed by atoms with Crippen LogP contribution in [0.1, 0.15) is 17.7 Å². The zero-order valence-electron chi connectivity index (χ0n) is 13.4. The zero-order chi connectivity index (χ0) is 17.2. The number of nitrogens with zero attached hydrogens (tertiary/aromatic N) is 1. The number of thiophene rings is 1. The Kier molecular flexibility index (Phi) is 5.22. The molecule has 2 aromatic rings. The largest absolute Gasteiger partial charge is 0.490 e. The van der Waals surface area contributed by atoms with Crippen molar-refractivity contribution >= 4 is 21.4 Å². The van der Waals surface area contributed by atoms with Crippen molar-refractivity contribution in [1.29, 1.82) is 0 Å². The highest BCUT2D eigenvalue weighted by atomic mass is 32.2. The fraction of sp³-hybridized carbons (Fsp3) is 0.412. The van der Waals surface area contributed by atoms with Gasteiger partial charge in [-0.15, -0.1) is 11.3 Å². The van der Waals surface area contributed by atoms with E-state index in [1.54, 1.807) is 24.3 Å². The van der Waals surface area contributed by atoms with Crippen LogP contribution >= 0.6 is 11.3 Å². The van der Waals surface area contributed by atoms with Gasteiger partial charge in [0.05, 0.1) is 6.61 Å². The van der Waals surface area contributed by atoms with Crippen LogP contribution < -0.4 is 4.74 Å². The van der Waals surface area contributed by atoms with Crippen molar-refractivity contribution in [3.63, 3.8) is 0 Å². The predicted octanol–water partition coefficient (Wildman–Crippen LogP) is 3.68. The standard InChI is InChI=1S/C17H20FNO3S2/c1-13-6-7-17(23-13)24(20,21)19-10-8-14(9-11-19)12-22-16-5-3-2-4-15(16)18/h2-7,14H,8-12H2,1H3. The van der Waals surface area contributed by atoms with Crippen molar-refractivity contribution in [2.24, 2.45) is 5.92 Å². The van der Waals surface area contributed by atoms with Crippen LogP contribution in [-0.4, -0.2) is 32.4 Å². The van der Waals surface area contributed by atoms with Crippen LogP contribution in [0.3, 0.4) is 0 Å². The van der Waals surface area contributed by atoms with Crippen molar-refractivity contribution in [2.45, 2.75) is 24.0 Å². The smallest absolute Gasteiger partial charge is 0.252 e. The van der Waals surface area contributed by atoms with Gasteiger partial charge in [0.1, 0.15) is 4.21 Å². The minimum absolute atomic E-state index is 0.237. The Bertz CT molecular complexity index is 796. The van der Waals surface area contributed by atoms with Gasteiger partial charge in [-0.1, -0.05) is 12.1 Å². The molecule has 130 valence electrons. The van der Waals surface area contributed by atoms with E-state index in [2.05, 4.69) is 0 Å². The Labute approximate surface area is 145 Å². The topological polar surface area (TPSA) is 46.6 Å². The molecule has 24 heavy (non-hydrogen) atoms. The van der Waals surface area contributed by atoms with Crippen LogP contribution in [0.15, 0.2) is 40.6 Å². The molecular weight excluding hydrogens is 349 g/mol. The third-order valence-electron chi connectivity index (χ3n) is 4.19. The Morgan fingerprint density at radius 1 is 1.21 bits per heavy atom. The summed E-state index contributed by atoms with van der Waals surface area (Å²) in [7, 11) is -3.39. The third kappa shape index (κ3) is 3.79. The average Bonchev–Trinajstić information content (AvgIpc) is 3.02. The van der Waals surface area contributed by atoms with Gasteiger partial charge >= 0.3 is 0 Å². The molecule has 0 N–H and O–H groups in total. The first kappa shape index (κ1) is 17.4. The highest BCUT2D eigenvalue weighted by molar-refractivity contribution is 7.91. The fourth-order valence-electron chi connectivity index (χ4n) is 2.76. The molecular formula is C17H20FNO3S2. The van der Waals surface area contributed by atoms with E-state index in [-0.39, 0.29) is 17.5 Å². The van der Waals surface area contributed by atoms with Gasteiger partial charge in [-0.05, 0) is 49.9 Å². The Morgan fingerprint density at radius 3 is 2.54 bits per heavy atom. The van der Waals surface area contributed by atoms with Crippen LogP contribution in [0.25, 0.3) is 0 Å². The van der Waals surface area contributed by atoms with E-state index in [4.69, 9.17) is 4.74 Å². The van der Waals surface area contributed by atoms with Gasteiger partial charge in [0.2, 0.25) is 0 Å². The van der Waals surface area contributed by atoms with Crippen LogP contribution in [0.4, 0.5) is 4.39 Å². The Balaban J connectivity index is 1.55. The molecule has 0 spiro atoms. The first-order chi connectivity index (χ1) is 11.5. The van der Waals surface area contributed by atoms with Crippen molar-refractivity contribution in [3.8, 4) is 5.75 Å². The first-order valence-electron chi connectivity index (χ1n) is 7.91. The van der Waals surface area contributed by atoms with E-state index in [0.717, 1.165) is 17.7 Å². The van der Waals surface area contributed by atoms with Gasteiger partial charge in [0.25, 0.3) is 10.0 Å². The van der Waals surface area contributed by atoms with E-state index in [0.29, 0.717) is 23.9 Å². The quantitative estimate of drug-likeness (QED) is 0.808. The SMILES string of the molecule is Cc1ccc(S(=O)(=O)N2CCC(COc3ccccc3F)CC2)s1. The van der Waals surface area contributed by atoms with Crippen LogP contribution in [0.5, 0.6) is 5.75 Å². The maximum absolute atomic E-state index is 13.5. The van der Waals surface area contributed by atoms with Crippen LogP contribution in [0.2, 0.25) is 0 Å². The van der Waals surface area contributed by atoms with Crippen LogP contribution in [-0.2, 0) is 10.0 Å². The predicted molar refractivity (Wildman–Crippen MR) is 92.4 cm³/mol. The van der Waals surface area contributed by atoms with E-state index in [9.17, 15) is 12.8 Å². The summed E-state index contributed by atoms with van der Waals surface area (Å²) >= 11 is 1.30. The highest BCUT2D eigenvalue weighted by Crippen LogP contribution is 2.28. The third-order valence-corrected chi connectivity index (χ3v) is 7.56. The minimum atomic E-state index is -3.39. The average molecular weight is 369 g/mol. The highest BCUT2D eigenvalue weighted by Gasteiger charge is 2.30. The minimum Gasteiger partial charge on any atom is -0.490 e. The summed E-state index contributed by atoms with van der Waals surface area (Å²) in [6.45, 7) is 3.26. The van der Waals surface area contributed by atoms with Gasteiger partial charge in [0, 0.05) is 18.0 Å². The molecule has 0 aliphatic carbocycles. The number of para-hydroxylation sites is 1. The van der Waals surface area contributed by atoms with E-state index in [1.165, 1.54) is 21.7 Å². The lowest BCUT2D eigenvalue weighted by atomic mass is 9.99. The number of benzene rings is 1. The normalized spacial score (nSPS) is 17.1. The molecule has 7 heteroatoms. The summed E-state index contributed by atoms with van der Waals surface area (Å²) < 4.78 is 46.2. The molecule has 1 aliphatic heterocycles. The summed E-state index contributed by atoms with van der Waals surface area (Å²) in [6, 6.07) is 9.82. The number of hydrogen-bond acceptors (Lipinski definition) is 4. The molecule has 0 atom stereocenters. The molecule has 0 bridgehead atoms. The summed E-state index contributed by atoms with van der Waals surface area (Å²) in [4.78, 5) is 0.988. The van der Waals surface area contributed by atoms with Crippen molar-refractivity contribution in [1.82, 2.24) is 4.31 Å². The summed E-state index contributed by atoms with van der Waals surface area (Å²) in [5.74, 6) is 0.119. The summed E-state index contributed by atoms with van der Waals surface area (Å²) in [5, 5.41) is 0. The van der Waals surface area contributed by atoms with Crippen molar-refractivity contribution in [2.75, 3.05) is 19.7 Å². The molecule has 1 saturated heterocycles. The van der Waals surface area contributed by atoms with E-state index in [1.807, 2.05) is 13.0 Å². The lowest BCUT2D eigenvalue weighted by Crippen LogP contribution is -2.39. The molecule has 2 heterocycles. The zero-order valence-corrected chi connectivity index (χ0v) is 15.1. The second-order valence-electron chi connectivity index (χ2n) is 5.95. The van der Waals surface area contributed by atoms with Gasteiger partial charge in [0.15, 0.2) is 11.6 Å². The van der Waals surface area contributed by atoms with Gasteiger partial charge in [-0.25, -0.2) is 12.8 Å². The van der Waals surface area contributed by atoms with E-state index >= 15 is 0 Å². The second-order valence-corrected chi connectivity index (χ2v) is 9.41. The molecule has 0 amide bonds. The van der Waals surface area contributed by atoms with Gasteiger partial charge in [-0.3, -0.25) is 0 Å². The molecule has 3 rings (SSSR count). The number of piperidine rings is 1. The van der Waals surface area contributed by atoms with Gasteiger partial charge < -0.3 is 4.74 Å². The fourth-order valence-corrected chi connectivity index (χ4v) is 5.67. The second kappa shape index (κ2) is 7.21. The molecule has 0 unspecified atom stereocenters. The Hall–Kier alpha value is -1.44.